The van der Waals surface area contributed by atoms with Crippen LogP contribution in [0.5, 0.6) is 0 Å². The van der Waals surface area contributed by atoms with Crippen molar-refractivity contribution >= 4 is 50.4 Å². The van der Waals surface area contributed by atoms with E-state index in [2.05, 4.69) is 5.48 Å². The Morgan fingerprint density at radius 3 is 2.83 bits per heavy atom. The van der Waals surface area contributed by atoms with Gasteiger partial charge in [-0.05, 0) is 30.7 Å². The molecular formula is C16H15NO5S2. The normalized spacial score (nSPS) is 10.9. The van der Waals surface area contributed by atoms with Crippen LogP contribution < -0.4 is 5.48 Å². The second-order valence-corrected chi connectivity index (χ2v) is 6.80. The lowest BCUT2D eigenvalue weighted by molar-refractivity contribution is -0.147. The van der Waals surface area contributed by atoms with Crippen molar-refractivity contribution in [2.45, 2.75) is 6.92 Å². The first-order valence-electron chi connectivity index (χ1n) is 7.19. The van der Waals surface area contributed by atoms with Crippen LogP contribution in [0.2, 0.25) is 0 Å². The lowest BCUT2D eigenvalue weighted by atomic mass is 10.2. The number of hydrogen-bond donors (Lipinski definition) is 1. The Labute approximate surface area is 146 Å². The second kappa shape index (κ2) is 7.16. The Bertz CT molecular complexity index is 854. The van der Waals surface area contributed by atoms with E-state index in [0.717, 1.165) is 26.2 Å². The molecule has 0 saturated carbocycles. The molecule has 6 nitrogen and oxygen atoms in total. The molecule has 1 aromatic rings. The van der Waals surface area contributed by atoms with Gasteiger partial charge >= 0.3 is 11.9 Å². The van der Waals surface area contributed by atoms with E-state index in [-0.39, 0.29) is 12.6 Å². The number of esters is 2. The Morgan fingerprint density at radius 1 is 1.25 bits per heavy atom. The van der Waals surface area contributed by atoms with Gasteiger partial charge in [0, 0.05) is 20.3 Å². The fourth-order valence-corrected chi connectivity index (χ4v) is 4.26. The molecule has 126 valence electrons. The predicted octanol–water partition coefficient (Wildman–Crippen LogP) is 3.76. The molecule has 24 heavy (non-hydrogen) atoms. The summed E-state index contributed by atoms with van der Waals surface area (Å²) in [7, 11) is 1.38. The molecule has 2 heterocycles. The number of carbonyl (C=O) groups excluding carboxylic acids is 2. The van der Waals surface area contributed by atoms with Gasteiger partial charge in [-0.3, -0.25) is 10.3 Å². The molecule has 0 amide bonds. The highest BCUT2D eigenvalue weighted by atomic mass is 32.1. The predicted molar refractivity (Wildman–Crippen MR) is 93.9 cm³/mol. The maximum absolute atomic E-state index is 11.6. The Hall–Kier alpha value is -2.16. The molecule has 0 unspecified atom stereocenters. The van der Waals surface area contributed by atoms with E-state index in [1.807, 2.05) is 23.6 Å². The van der Waals surface area contributed by atoms with Gasteiger partial charge in [0.2, 0.25) is 0 Å². The van der Waals surface area contributed by atoms with E-state index in [0.29, 0.717) is 11.5 Å². The summed E-state index contributed by atoms with van der Waals surface area (Å²) in [6.45, 7) is 1.91. The van der Waals surface area contributed by atoms with Gasteiger partial charge in [0.25, 0.3) is 0 Å². The lowest BCUT2D eigenvalue weighted by Gasteiger charge is -2.08. The molecule has 0 spiro atoms. The third kappa shape index (κ3) is 3.35. The Kier molecular flexibility index (Phi) is 4.98. The van der Waals surface area contributed by atoms with Crippen LogP contribution in [0.25, 0.3) is 20.5 Å². The molecule has 1 N–H and O–H groups in total. The van der Waals surface area contributed by atoms with E-state index >= 15 is 0 Å². The van der Waals surface area contributed by atoms with E-state index in [4.69, 9.17) is 14.3 Å². The zero-order valence-electron chi connectivity index (χ0n) is 13.1. The quantitative estimate of drug-likeness (QED) is 0.530. The number of hydrogen-bond acceptors (Lipinski definition) is 8. The van der Waals surface area contributed by atoms with Crippen molar-refractivity contribution in [2.75, 3.05) is 25.8 Å². The fourth-order valence-electron chi connectivity index (χ4n) is 2.25. The van der Waals surface area contributed by atoms with Crippen molar-refractivity contribution in [3.63, 3.8) is 0 Å². The summed E-state index contributed by atoms with van der Waals surface area (Å²) in [6.07, 6.45) is 0. The molecule has 2 aliphatic rings. The number of rotatable bonds is 6. The van der Waals surface area contributed by atoms with Gasteiger partial charge in [-0.25, -0.2) is 9.59 Å². The zero-order chi connectivity index (χ0) is 17.1. The van der Waals surface area contributed by atoms with Crippen molar-refractivity contribution < 1.29 is 23.9 Å². The summed E-state index contributed by atoms with van der Waals surface area (Å²) in [5.74, 6) is -0.737. The molecule has 0 radical (unpaired) electrons. The van der Waals surface area contributed by atoms with Gasteiger partial charge in [0.15, 0.2) is 6.61 Å². The van der Waals surface area contributed by atoms with E-state index in [1.165, 1.54) is 29.8 Å². The number of thiophene rings is 1. The topological polar surface area (TPSA) is 73.9 Å². The zero-order valence-corrected chi connectivity index (χ0v) is 14.7. The molecule has 0 bridgehead atoms. The fraction of sp³-hybridized carbons (Fsp3) is 0.250. The van der Waals surface area contributed by atoms with Crippen LogP contribution in [0.3, 0.4) is 0 Å². The van der Waals surface area contributed by atoms with Crippen molar-refractivity contribution in [1.29, 1.82) is 0 Å². The van der Waals surface area contributed by atoms with Gasteiger partial charge in [-0.2, -0.15) is 0 Å². The van der Waals surface area contributed by atoms with Crippen LogP contribution in [0.15, 0.2) is 23.6 Å². The number of methoxy groups -OCH3 is 1. The first-order chi connectivity index (χ1) is 11.6. The number of anilines is 1. The largest absolute Gasteiger partial charge is 0.465 e. The van der Waals surface area contributed by atoms with E-state index < -0.39 is 5.97 Å². The van der Waals surface area contributed by atoms with Crippen molar-refractivity contribution in [3.8, 4) is 10.4 Å². The molecular weight excluding hydrogens is 350 g/mol. The molecule has 8 heteroatoms. The highest BCUT2D eigenvalue weighted by Crippen LogP contribution is 2.42. The number of nitrogens with one attached hydrogen (secondary N) is 1. The average molecular weight is 365 g/mol. The van der Waals surface area contributed by atoms with Crippen LogP contribution in [0.4, 0.5) is 5.69 Å². The third-order valence-corrected chi connectivity index (χ3v) is 5.37. The summed E-state index contributed by atoms with van der Waals surface area (Å²) in [5, 5.41) is 2.93. The minimum Gasteiger partial charge on any atom is -0.465 e. The van der Waals surface area contributed by atoms with Crippen LogP contribution in [0.1, 0.15) is 16.6 Å². The Balaban J connectivity index is 1.76. The summed E-state index contributed by atoms with van der Waals surface area (Å²) in [6, 6.07) is 5.81. The van der Waals surface area contributed by atoms with Gasteiger partial charge in [0.1, 0.15) is 4.88 Å². The van der Waals surface area contributed by atoms with Crippen molar-refractivity contribution in [3.05, 3.63) is 28.5 Å². The van der Waals surface area contributed by atoms with Crippen LogP contribution in [-0.2, 0) is 19.1 Å². The highest BCUT2D eigenvalue weighted by Gasteiger charge is 2.18. The molecule has 1 aliphatic carbocycles. The van der Waals surface area contributed by atoms with Gasteiger partial charge in [-0.15, -0.1) is 22.7 Å². The number of ether oxygens (including phenoxy) is 2. The van der Waals surface area contributed by atoms with Crippen molar-refractivity contribution in [1.82, 2.24) is 0 Å². The maximum Gasteiger partial charge on any atom is 0.348 e. The highest BCUT2D eigenvalue weighted by molar-refractivity contribution is 7.22. The molecule has 0 saturated heterocycles. The average Bonchev–Trinajstić information content (AvgIpc) is 3.11. The smallest absolute Gasteiger partial charge is 0.348 e. The van der Waals surface area contributed by atoms with E-state index in [1.54, 1.807) is 6.92 Å². The van der Waals surface area contributed by atoms with Gasteiger partial charge in [0.05, 0.1) is 19.4 Å². The minimum atomic E-state index is -0.418. The summed E-state index contributed by atoms with van der Waals surface area (Å²) < 4.78 is 10.6. The first kappa shape index (κ1) is 16.7. The Morgan fingerprint density at radius 2 is 2.08 bits per heavy atom. The van der Waals surface area contributed by atoms with Crippen LogP contribution in [-0.4, -0.2) is 32.3 Å². The van der Waals surface area contributed by atoms with Gasteiger partial charge in [-0.1, -0.05) is 0 Å². The first-order valence-corrected chi connectivity index (χ1v) is 8.88. The number of fused-ring (bicyclic) bond motifs is 3. The van der Waals surface area contributed by atoms with Crippen molar-refractivity contribution in [2.24, 2.45) is 0 Å². The molecule has 1 aliphatic heterocycles. The SMILES string of the molecule is CCOC(=O)CONc1csc2c3cc(C(=O)OC)sc3cc-2c1. The maximum atomic E-state index is 11.6. The summed E-state index contributed by atoms with van der Waals surface area (Å²) >= 11 is 2.95. The molecule has 0 fully saturated rings. The molecule has 1 aromatic heterocycles. The summed E-state index contributed by atoms with van der Waals surface area (Å²) in [5.41, 5.74) is 4.54. The third-order valence-electron chi connectivity index (χ3n) is 3.24. The molecule has 0 atom stereocenters. The second-order valence-electron chi connectivity index (χ2n) is 4.84. The van der Waals surface area contributed by atoms with E-state index in [9.17, 15) is 9.59 Å². The van der Waals surface area contributed by atoms with Crippen LogP contribution >= 0.6 is 22.7 Å². The summed E-state index contributed by atoms with van der Waals surface area (Å²) in [4.78, 5) is 29.6. The molecule has 3 rings (SSSR count). The van der Waals surface area contributed by atoms with Crippen LogP contribution in [0, 0.1) is 0 Å². The standard InChI is InChI=1S/C16H15NO5S2/c1-3-21-14(18)7-22-17-10-4-9-5-12-11(15(9)23-8-10)6-13(24-12)16(19)20-2/h4-6,8,17H,3,7H2,1-2H3. The van der Waals surface area contributed by atoms with Gasteiger partial charge < -0.3 is 9.47 Å². The molecule has 0 aromatic carbocycles. The minimum absolute atomic E-state index is 0.158. The lowest BCUT2D eigenvalue weighted by Crippen LogP contribution is -2.15. The monoisotopic (exact) mass is 365 g/mol. The number of carbonyl (C=O) groups is 2.